The summed E-state index contributed by atoms with van der Waals surface area (Å²) in [5.74, 6) is 0.577. The molecule has 1 atom stereocenters. The summed E-state index contributed by atoms with van der Waals surface area (Å²) in [7, 11) is -1.89. The van der Waals surface area contributed by atoms with Crippen molar-refractivity contribution in [1.82, 2.24) is 0 Å². The van der Waals surface area contributed by atoms with Gasteiger partial charge in [0.15, 0.2) is 0 Å². The van der Waals surface area contributed by atoms with Crippen molar-refractivity contribution in [3.8, 4) is 0 Å². The topological polar surface area (TPSA) is 51.9 Å². The van der Waals surface area contributed by atoms with Crippen LogP contribution in [0, 0.1) is 0 Å². The van der Waals surface area contributed by atoms with Crippen LogP contribution in [0.4, 0.5) is 5.69 Å². The van der Waals surface area contributed by atoms with E-state index in [4.69, 9.17) is 13.7 Å². The normalized spacial score (nSPS) is 12.6. The van der Waals surface area contributed by atoms with Crippen molar-refractivity contribution in [2.75, 3.05) is 11.7 Å². The molecule has 1 aromatic heterocycles. The monoisotopic (exact) mass is 361 g/mol. The van der Waals surface area contributed by atoms with E-state index in [9.17, 15) is 4.79 Å². The molecule has 0 spiro atoms. The maximum atomic E-state index is 12.2. The fourth-order valence-corrected chi connectivity index (χ4v) is 3.36. The maximum absolute atomic E-state index is 12.2. The molecule has 0 aliphatic heterocycles. The van der Waals surface area contributed by atoms with E-state index in [1.165, 1.54) is 0 Å². The van der Waals surface area contributed by atoms with Crippen molar-refractivity contribution in [2.24, 2.45) is 0 Å². The summed E-state index contributed by atoms with van der Waals surface area (Å²) in [6.45, 7) is 8.55. The van der Waals surface area contributed by atoms with E-state index in [0.717, 1.165) is 11.4 Å². The average molecular weight is 362 g/mol. The predicted molar refractivity (Wildman–Crippen MR) is 101 cm³/mol. The zero-order valence-corrected chi connectivity index (χ0v) is 16.4. The van der Waals surface area contributed by atoms with E-state index in [2.05, 4.69) is 19.6 Å². The number of carbonyl (C=O) groups excluding carboxylic acids is 1. The number of anilines is 1. The molecule has 0 saturated carbocycles. The van der Waals surface area contributed by atoms with Crippen molar-refractivity contribution in [3.05, 3.63) is 54.5 Å². The van der Waals surface area contributed by atoms with Crippen LogP contribution in [-0.2, 0) is 20.5 Å². The Balaban J connectivity index is 2.31. The Hall–Kier alpha value is -2.05. The highest BCUT2D eigenvalue weighted by Crippen LogP contribution is 2.25. The van der Waals surface area contributed by atoms with Crippen LogP contribution in [0.3, 0.4) is 0 Å². The molecule has 0 saturated heterocycles. The van der Waals surface area contributed by atoms with E-state index in [-0.39, 0.29) is 18.4 Å². The predicted octanol–water partition coefficient (Wildman–Crippen LogP) is 4.42. The van der Waals surface area contributed by atoms with Crippen LogP contribution in [0.15, 0.2) is 53.1 Å². The highest BCUT2D eigenvalue weighted by molar-refractivity contribution is 6.69. The van der Waals surface area contributed by atoms with Crippen molar-refractivity contribution in [3.63, 3.8) is 0 Å². The quantitative estimate of drug-likeness (QED) is 0.376. The van der Waals surface area contributed by atoms with Gasteiger partial charge in [0.05, 0.1) is 31.0 Å². The minimum absolute atomic E-state index is 0.209. The maximum Gasteiger partial charge on any atom is 0.307 e. The van der Waals surface area contributed by atoms with Gasteiger partial charge >= 0.3 is 5.97 Å². The first-order chi connectivity index (χ1) is 11.9. The van der Waals surface area contributed by atoms with Crippen LogP contribution in [0.25, 0.3) is 0 Å². The lowest BCUT2D eigenvalue weighted by Gasteiger charge is -2.36. The van der Waals surface area contributed by atoms with Gasteiger partial charge in [-0.3, -0.25) is 9.86 Å². The number of carbonyl (C=O) groups is 1. The molecule has 0 bridgehead atoms. The third-order valence-electron chi connectivity index (χ3n) is 3.44. The first-order valence-corrected chi connectivity index (χ1v) is 12.0. The lowest BCUT2D eigenvalue weighted by atomic mass is 10.1. The van der Waals surface area contributed by atoms with Crippen LogP contribution in [0.1, 0.15) is 19.1 Å². The van der Waals surface area contributed by atoms with E-state index < -0.39 is 8.32 Å². The minimum atomic E-state index is -1.89. The lowest BCUT2D eigenvalue weighted by Crippen LogP contribution is -2.45. The third-order valence-corrected chi connectivity index (χ3v) is 4.18. The second kappa shape index (κ2) is 8.87. The molecule has 1 heterocycles. The van der Waals surface area contributed by atoms with Gasteiger partial charge in [0.2, 0.25) is 8.32 Å². The molecular formula is C19H27NO4Si. The molecule has 2 rings (SSSR count). The smallest absolute Gasteiger partial charge is 0.307 e. The number of para-hydroxylation sites is 1. The van der Waals surface area contributed by atoms with Gasteiger partial charge in [-0.15, -0.1) is 0 Å². The molecule has 0 radical (unpaired) electrons. The van der Waals surface area contributed by atoms with Crippen LogP contribution in [0.2, 0.25) is 19.6 Å². The number of ether oxygens (including phenoxy) is 1. The number of hydrogen-bond donors (Lipinski definition) is 0. The molecule has 0 amide bonds. The number of rotatable bonds is 9. The summed E-state index contributed by atoms with van der Waals surface area (Å²) in [4.78, 5) is 12.2. The largest absolute Gasteiger partial charge is 0.469 e. The summed E-state index contributed by atoms with van der Waals surface area (Å²) >= 11 is 0. The van der Waals surface area contributed by atoms with E-state index in [0.29, 0.717) is 13.0 Å². The molecule has 0 N–H and O–H groups in total. The van der Waals surface area contributed by atoms with Crippen LogP contribution >= 0.6 is 0 Å². The molecule has 25 heavy (non-hydrogen) atoms. The molecular weight excluding hydrogens is 334 g/mol. The van der Waals surface area contributed by atoms with Crippen LogP contribution in [0.5, 0.6) is 0 Å². The summed E-state index contributed by atoms with van der Waals surface area (Å²) in [5.41, 5.74) is 0.922. The Labute approximate surface area is 150 Å². The molecule has 1 aromatic carbocycles. The first-order valence-electron chi connectivity index (χ1n) is 8.60. The molecule has 5 nitrogen and oxygen atoms in total. The Morgan fingerprint density at radius 3 is 2.44 bits per heavy atom. The second-order valence-corrected chi connectivity index (χ2v) is 11.2. The van der Waals surface area contributed by atoms with Gasteiger partial charge in [-0.1, -0.05) is 18.2 Å². The second-order valence-electron chi connectivity index (χ2n) is 6.81. The number of nitrogens with zero attached hydrogens (tertiary/aromatic N) is 1. The SMILES string of the molecule is CCOC(=O)CC(Cc1ccco1)N(O[Si](C)(C)C)c1ccccc1. The molecule has 0 aliphatic rings. The number of esters is 1. The third kappa shape index (κ3) is 6.40. The molecule has 1 unspecified atom stereocenters. The van der Waals surface area contributed by atoms with Gasteiger partial charge in [-0.05, 0) is 50.8 Å². The van der Waals surface area contributed by atoms with Gasteiger partial charge in [0.25, 0.3) is 0 Å². The Morgan fingerprint density at radius 1 is 1.16 bits per heavy atom. The zero-order valence-electron chi connectivity index (χ0n) is 15.4. The summed E-state index contributed by atoms with van der Waals surface area (Å²) < 4.78 is 17.0. The fourth-order valence-electron chi connectivity index (χ4n) is 2.52. The minimum Gasteiger partial charge on any atom is -0.469 e. The van der Waals surface area contributed by atoms with Gasteiger partial charge in [0.1, 0.15) is 5.76 Å². The summed E-state index contributed by atoms with van der Waals surface area (Å²) in [6.07, 6.45) is 2.43. The van der Waals surface area contributed by atoms with Gasteiger partial charge < -0.3 is 13.7 Å². The molecule has 0 fully saturated rings. The standard InChI is InChI=1S/C19H27NO4Si/c1-5-22-19(21)15-17(14-18-12-9-13-23-18)20(24-25(2,3)4)16-10-7-6-8-11-16/h6-13,17H,5,14-15H2,1-4H3. The lowest BCUT2D eigenvalue weighted by molar-refractivity contribution is -0.143. The molecule has 6 heteroatoms. The molecule has 0 aliphatic carbocycles. The van der Waals surface area contributed by atoms with Crippen LogP contribution < -0.4 is 5.06 Å². The highest BCUT2D eigenvalue weighted by atomic mass is 28.4. The highest BCUT2D eigenvalue weighted by Gasteiger charge is 2.29. The average Bonchev–Trinajstić information content (AvgIpc) is 3.05. The van der Waals surface area contributed by atoms with E-state index >= 15 is 0 Å². The number of benzene rings is 1. The van der Waals surface area contributed by atoms with Crippen molar-refractivity contribution >= 4 is 20.0 Å². The Morgan fingerprint density at radius 2 is 1.88 bits per heavy atom. The van der Waals surface area contributed by atoms with Gasteiger partial charge in [-0.2, -0.15) is 0 Å². The molecule has 2 aromatic rings. The van der Waals surface area contributed by atoms with Crippen LogP contribution in [-0.4, -0.2) is 26.9 Å². The first kappa shape index (κ1) is 19.3. The summed E-state index contributed by atoms with van der Waals surface area (Å²) in [6, 6.07) is 13.4. The van der Waals surface area contributed by atoms with Crippen molar-refractivity contribution in [1.29, 1.82) is 0 Å². The number of hydroxylamine groups is 1. The van der Waals surface area contributed by atoms with E-state index in [1.54, 1.807) is 6.26 Å². The Bertz CT molecular complexity index is 637. The van der Waals surface area contributed by atoms with Crippen molar-refractivity contribution < 1.29 is 18.5 Å². The fraction of sp³-hybridized carbons (Fsp3) is 0.421. The number of furan rings is 1. The zero-order chi connectivity index (χ0) is 18.3. The molecule has 136 valence electrons. The summed E-state index contributed by atoms with van der Waals surface area (Å²) in [5, 5.41) is 1.87. The number of hydrogen-bond acceptors (Lipinski definition) is 5. The van der Waals surface area contributed by atoms with Crippen molar-refractivity contribution in [2.45, 2.75) is 45.4 Å². The van der Waals surface area contributed by atoms with E-state index in [1.807, 2.05) is 54.5 Å². The van der Waals surface area contributed by atoms with Gasteiger partial charge in [0, 0.05) is 6.42 Å². The Kier molecular flexibility index (Phi) is 6.84. The van der Waals surface area contributed by atoms with Gasteiger partial charge in [-0.25, -0.2) is 0 Å².